The fourth-order valence-corrected chi connectivity index (χ4v) is 0. The van der Waals surface area contributed by atoms with Gasteiger partial charge in [-0.25, -0.2) is 0 Å². The minimum Gasteiger partial charge on any atom is -0.822 e. The Morgan fingerprint density at radius 2 is 0.571 bits per heavy atom. The first-order valence-electron chi connectivity index (χ1n) is 1.46. The maximum Gasteiger partial charge on any atom is 2.00 e. The van der Waals surface area contributed by atoms with Crippen LogP contribution < -0.4 is 29.4 Å². The monoisotopic (exact) mass is 374 g/mol. The third kappa shape index (κ3) is 190. The van der Waals surface area contributed by atoms with Gasteiger partial charge in [0.25, 0.3) is 0 Å². The molecular formula is Ca3O8P2Zn. The molecule has 0 aromatic carbocycles. The third-order valence-electron chi connectivity index (χ3n) is 0. The summed E-state index contributed by atoms with van der Waals surface area (Å²) < 4.78 is 17.1. The van der Waals surface area contributed by atoms with Crippen molar-refractivity contribution < 1.29 is 58.0 Å². The molecule has 0 radical (unpaired) electrons. The zero-order valence-corrected chi connectivity index (χ0v) is 18.4. The Labute approximate surface area is 182 Å². The van der Waals surface area contributed by atoms with E-state index >= 15 is 0 Å². The normalized spacial score (nSPS) is 8.43. The minimum absolute atomic E-state index is 0. The summed E-state index contributed by atoms with van der Waals surface area (Å²) in [7, 11) is -10.8. The summed E-state index contributed by atoms with van der Waals surface area (Å²) in [5, 5.41) is 0. The summed E-state index contributed by atoms with van der Waals surface area (Å²) in [5.74, 6) is 0. The van der Waals surface area contributed by atoms with Crippen LogP contribution in [0.15, 0.2) is 0 Å². The number of hydrogen-bond acceptors (Lipinski definition) is 8. The molecule has 0 saturated carbocycles. The summed E-state index contributed by atoms with van der Waals surface area (Å²) >= 11 is 0. The van der Waals surface area contributed by atoms with E-state index < -0.39 is 15.6 Å². The molecule has 0 amide bonds. The maximum absolute atomic E-state index is 8.55. The molecule has 0 unspecified atom stereocenters. The molecule has 0 aromatic rings. The van der Waals surface area contributed by atoms with Crippen molar-refractivity contribution in [3.8, 4) is 0 Å². The van der Waals surface area contributed by atoms with Crippen molar-refractivity contribution in [2.75, 3.05) is 0 Å². The van der Waals surface area contributed by atoms with Crippen LogP contribution >= 0.6 is 15.6 Å². The van der Waals surface area contributed by atoms with Gasteiger partial charge >= 0.3 is 113 Å². The van der Waals surface area contributed by atoms with E-state index in [-0.39, 0.29) is 133 Å². The molecule has 0 aromatic heterocycles. The van der Waals surface area contributed by atoms with Crippen molar-refractivity contribution in [3.05, 3.63) is 0 Å². The van der Waals surface area contributed by atoms with E-state index in [1.807, 2.05) is 0 Å². The summed E-state index contributed by atoms with van der Waals surface area (Å²) in [6.45, 7) is 0. The van der Waals surface area contributed by atoms with Crippen molar-refractivity contribution in [1.82, 2.24) is 0 Å². The van der Waals surface area contributed by atoms with Gasteiger partial charge in [-0.2, -0.15) is 15.6 Å². The minimum atomic E-state index is -5.39. The fraction of sp³-hybridized carbons (Fsp3) is 0. The Kier molecular flexibility index (Phi) is 45.7. The van der Waals surface area contributed by atoms with Gasteiger partial charge in [-0.15, -0.1) is 0 Å². The maximum atomic E-state index is 8.55. The van der Waals surface area contributed by atoms with Crippen molar-refractivity contribution in [3.63, 3.8) is 0 Å². The SMILES string of the molecule is O=P([O-])([O-])[O-].O=P([O-])([O-])[O-].[Ca+2].[Ca+2].[Ca+2].[Zn]. The van der Waals surface area contributed by atoms with Gasteiger partial charge < -0.3 is 38.5 Å². The summed E-state index contributed by atoms with van der Waals surface area (Å²) in [6.07, 6.45) is 0. The van der Waals surface area contributed by atoms with Gasteiger partial charge in [0.2, 0.25) is 0 Å². The smallest absolute Gasteiger partial charge is 0.822 e. The van der Waals surface area contributed by atoms with Gasteiger partial charge in [0.1, 0.15) is 0 Å². The Hall–Kier alpha value is 4.62. The molecule has 0 saturated heterocycles. The second kappa shape index (κ2) is 17.6. The van der Waals surface area contributed by atoms with Gasteiger partial charge in [-0.05, 0) is 0 Å². The Morgan fingerprint density at radius 3 is 0.571 bits per heavy atom. The van der Waals surface area contributed by atoms with Crippen LogP contribution in [0.2, 0.25) is 0 Å². The number of rotatable bonds is 0. The zero-order valence-electron chi connectivity index (χ0n) is 6.99. The zero-order chi connectivity index (χ0) is 9.00. The molecule has 0 bridgehead atoms. The Bertz CT molecular complexity index is 135. The predicted molar refractivity (Wildman–Crippen MR) is 32.5 cm³/mol. The van der Waals surface area contributed by atoms with E-state index in [0.717, 1.165) is 0 Å². The first-order chi connectivity index (χ1) is 4.00. The van der Waals surface area contributed by atoms with Crippen LogP contribution in [-0.2, 0) is 28.6 Å². The standard InChI is InChI=1S/3Ca.2H3O4P.Zn/c;;;2*1-5(2,3)4;/h;;;2*(H3,1,2,3,4);/q3*+2;;;/p-6. The molecule has 14 heavy (non-hydrogen) atoms. The molecule has 0 N–H and O–H groups in total. The van der Waals surface area contributed by atoms with E-state index in [9.17, 15) is 0 Å². The molecule has 0 heterocycles. The summed E-state index contributed by atoms with van der Waals surface area (Å²) in [4.78, 5) is 51.3. The van der Waals surface area contributed by atoms with Crippen LogP contribution in [0.4, 0.5) is 0 Å². The molecule has 66 valence electrons. The molecular weight excluding hydrogens is 376 g/mol. The molecule has 0 aliphatic carbocycles. The van der Waals surface area contributed by atoms with E-state index in [2.05, 4.69) is 0 Å². The number of phosphoric acid groups is 2. The van der Waals surface area contributed by atoms with E-state index in [4.69, 9.17) is 38.5 Å². The summed E-state index contributed by atoms with van der Waals surface area (Å²) in [5.41, 5.74) is 0. The van der Waals surface area contributed by atoms with E-state index in [0.29, 0.717) is 0 Å². The van der Waals surface area contributed by atoms with Crippen molar-refractivity contribution >= 4 is 129 Å². The summed E-state index contributed by atoms with van der Waals surface area (Å²) in [6, 6.07) is 0. The van der Waals surface area contributed by atoms with Gasteiger partial charge in [0.05, 0.1) is 0 Å². The van der Waals surface area contributed by atoms with Crippen LogP contribution in [0.25, 0.3) is 0 Å². The van der Waals surface area contributed by atoms with Gasteiger partial charge in [-0.3, -0.25) is 0 Å². The van der Waals surface area contributed by atoms with Crippen LogP contribution in [0.3, 0.4) is 0 Å². The Balaban J connectivity index is -0.0000000178. The molecule has 0 aliphatic rings. The molecule has 0 atom stereocenters. The average Bonchev–Trinajstić information content (AvgIpc) is 1.12. The van der Waals surface area contributed by atoms with Crippen LogP contribution in [0.5, 0.6) is 0 Å². The molecule has 0 fully saturated rings. The van der Waals surface area contributed by atoms with Crippen molar-refractivity contribution in [2.24, 2.45) is 0 Å². The fourth-order valence-electron chi connectivity index (χ4n) is 0. The predicted octanol–water partition coefficient (Wildman–Crippen LogP) is -6.79. The second-order valence-corrected chi connectivity index (χ2v) is 2.68. The van der Waals surface area contributed by atoms with Gasteiger partial charge in [0.15, 0.2) is 0 Å². The van der Waals surface area contributed by atoms with Crippen molar-refractivity contribution in [1.29, 1.82) is 0 Å². The third-order valence-corrected chi connectivity index (χ3v) is 0. The first-order valence-corrected chi connectivity index (χ1v) is 4.38. The largest absolute Gasteiger partial charge is 2.00 e. The molecule has 0 spiro atoms. The molecule has 0 rings (SSSR count). The Morgan fingerprint density at radius 1 is 0.571 bits per heavy atom. The van der Waals surface area contributed by atoms with Gasteiger partial charge in [0, 0.05) is 19.5 Å². The van der Waals surface area contributed by atoms with Crippen LogP contribution in [-0.4, -0.2) is 113 Å². The average molecular weight is 376 g/mol. The first kappa shape index (κ1) is 36.3. The number of hydrogen-bond donors (Lipinski definition) is 0. The van der Waals surface area contributed by atoms with Crippen LogP contribution in [0, 0.1) is 0 Å². The van der Waals surface area contributed by atoms with Gasteiger partial charge in [-0.1, -0.05) is 0 Å². The molecule has 14 heteroatoms. The van der Waals surface area contributed by atoms with E-state index in [1.54, 1.807) is 0 Å². The quantitative estimate of drug-likeness (QED) is 0.296. The second-order valence-electron chi connectivity index (χ2n) is 0.894. The van der Waals surface area contributed by atoms with Crippen molar-refractivity contribution in [2.45, 2.75) is 0 Å². The molecule has 0 aliphatic heterocycles. The topological polar surface area (TPSA) is 172 Å². The molecule has 8 nitrogen and oxygen atoms in total. The van der Waals surface area contributed by atoms with E-state index in [1.165, 1.54) is 0 Å². The van der Waals surface area contributed by atoms with Crippen LogP contribution in [0.1, 0.15) is 0 Å².